The van der Waals surface area contributed by atoms with E-state index in [4.69, 9.17) is 4.52 Å². The first-order valence-corrected chi connectivity index (χ1v) is 4.18. The Morgan fingerprint density at radius 1 is 1.46 bits per heavy atom. The van der Waals surface area contributed by atoms with Gasteiger partial charge in [-0.1, -0.05) is 17.3 Å². The molecule has 1 aromatic heterocycles. The van der Waals surface area contributed by atoms with Gasteiger partial charge in [0.1, 0.15) is 6.29 Å². The van der Waals surface area contributed by atoms with Gasteiger partial charge < -0.3 is 9.32 Å². The van der Waals surface area contributed by atoms with Gasteiger partial charge in [-0.15, -0.1) is 0 Å². The van der Waals surface area contributed by atoms with E-state index in [1.807, 2.05) is 18.2 Å². The highest BCUT2D eigenvalue weighted by Crippen LogP contribution is 2.18. The third-order valence-corrected chi connectivity index (χ3v) is 2.02. The molecule has 0 aliphatic carbocycles. The Bertz CT molecular complexity index is 420. The van der Waals surface area contributed by atoms with Gasteiger partial charge in [0.05, 0.1) is 6.20 Å². The average molecular weight is 175 g/mol. The molecular weight excluding hydrogens is 166 g/mol. The molecule has 0 saturated carbocycles. The smallest absolute Gasteiger partial charge is 0.167 e. The van der Waals surface area contributed by atoms with E-state index >= 15 is 0 Å². The van der Waals surface area contributed by atoms with Gasteiger partial charge >= 0.3 is 0 Å². The lowest BCUT2D eigenvalue weighted by molar-refractivity contribution is -0.107. The summed E-state index contributed by atoms with van der Waals surface area (Å²) in [6, 6.07) is 5.77. The first kappa shape index (κ1) is 7.98. The van der Waals surface area contributed by atoms with Crippen molar-refractivity contribution in [3.05, 3.63) is 30.0 Å². The van der Waals surface area contributed by atoms with Crippen LogP contribution in [0.2, 0.25) is 0 Å². The zero-order valence-corrected chi connectivity index (χ0v) is 7.06. The fraction of sp³-hybridized carbons (Fsp3) is 0.200. The molecule has 0 fully saturated rings. The van der Waals surface area contributed by atoms with Crippen molar-refractivity contribution in [2.75, 3.05) is 0 Å². The van der Waals surface area contributed by atoms with E-state index in [1.165, 1.54) is 0 Å². The lowest BCUT2D eigenvalue weighted by atomic mass is 10.1. The molecule has 0 radical (unpaired) electrons. The fourth-order valence-electron chi connectivity index (χ4n) is 1.38. The summed E-state index contributed by atoms with van der Waals surface area (Å²) in [5.41, 5.74) is 1.90. The molecule has 2 rings (SSSR count). The molecule has 0 amide bonds. The predicted molar refractivity (Wildman–Crippen MR) is 48.4 cm³/mol. The molecule has 0 saturated heterocycles. The van der Waals surface area contributed by atoms with Gasteiger partial charge in [0.2, 0.25) is 0 Å². The molecule has 1 aromatic carbocycles. The quantitative estimate of drug-likeness (QED) is 0.669. The summed E-state index contributed by atoms with van der Waals surface area (Å²) in [4.78, 5) is 10.2. The Hall–Kier alpha value is -1.64. The standard InChI is InChI=1S/C10H9NO2/c12-6-2-4-8-3-1-5-10-9(8)7-11-13-10/h1,3,5-7H,2,4H2. The number of carbonyl (C=O) groups excluding carboxylic acids is 1. The first-order valence-electron chi connectivity index (χ1n) is 4.18. The number of rotatable bonds is 3. The Morgan fingerprint density at radius 3 is 3.23 bits per heavy atom. The summed E-state index contributed by atoms with van der Waals surface area (Å²) in [6.45, 7) is 0. The monoisotopic (exact) mass is 175 g/mol. The van der Waals surface area contributed by atoms with Crippen molar-refractivity contribution in [2.24, 2.45) is 0 Å². The second-order valence-corrected chi connectivity index (χ2v) is 2.86. The number of carbonyl (C=O) groups is 1. The highest BCUT2D eigenvalue weighted by atomic mass is 16.5. The molecule has 0 aliphatic heterocycles. The van der Waals surface area contributed by atoms with Gasteiger partial charge in [-0.25, -0.2) is 0 Å². The molecule has 13 heavy (non-hydrogen) atoms. The topological polar surface area (TPSA) is 43.1 Å². The SMILES string of the molecule is O=CCCc1cccc2oncc12. The Labute approximate surface area is 75.3 Å². The van der Waals surface area contributed by atoms with Crippen LogP contribution in [0, 0.1) is 0 Å². The Balaban J connectivity index is 2.42. The Kier molecular flexibility index (Phi) is 2.08. The molecule has 2 aromatic rings. The molecule has 3 heteroatoms. The van der Waals surface area contributed by atoms with Crippen molar-refractivity contribution in [3.63, 3.8) is 0 Å². The van der Waals surface area contributed by atoms with Crippen molar-refractivity contribution in [1.29, 1.82) is 0 Å². The maximum absolute atomic E-state index is 10.2. The van der Waals surface area contributed by atoms with Crippen LogP contribution in [0.15, 0.2) is 28.9 Å². The van der Waals surface area contributed by atoms with Crippen LogP contribution in [0.5, 0.6) is 0 Å². The molecule has 3 nitrogen and oxygen atoms in total. The lowest BCUT2D eigenvalue weighted by Crippen LogP contribution is -1.85. The van der Waals surface area contributed by atoms with Crippen LogP contribution in [-0.4, -0.2) is 11.4 Å². The summed E-state index contributed by atoms with van der Waals surface area (Å²) in [5.74, 6) is 0. The van der Waals surface area contributed by atoms with E-state index in [0.29, 0.717) is 6.42 Å². The van der Waals surface area contributed by atoms with Crippen LogP contribution >= 0.6 is 0 Å². The van der Waals surface area contributed by atoms with Crippen molar-refractivity contribution in [1.82, 2.24) is 5.16 Å². The number of fused-ring (bicyclic) bond motifs is 1. The first-order chi connectivity index (χ1) is 6.42. The molecule has 0 aliphatic rings. The van der Waals surface area contributed by atoms with Gasteiger partial charge in [0.15, 0.2) is 5.58 Å². The summed E-state index contributed by atoms with van der Waals surface area (Å²) in [7, 11) is 0. The van der Waals surface area contributed by atoms with Crippen molar-refractivity contribution >= 4 is 17.3 Å². The minimum atomic E-state index is 0.546. The Morgan fingerprint density at radius 2 is 2.38 bits per heavy atom. The largest absolute Gasteiger partial charge is 0.356 e. The zero-order valence-electron chi connectivity index (χ0n) is 7.06. The summed E-state index contributed by atoms with van der Waals surface area (Å²) in [6.07, 6.45) is 3.91. The van der Waals surface area contributed by atoms with Crippen LogP contribution in [0.3, 0.4) is 0 Å². The molecule has 0 spiro atoms. The summed E-state index contributed by atoms with van der Waals surface area (Å²) >= 11 is 0. The number of hydrogen-bond donors (Lipinski definition) is 0. The van der Waals surface area contributed by atoms with Crippen LogP contribution in [0.1, 0.15) is 12.0 Å². The summed E-state index contributed by atoms with van der Waals surface area (Å²) in [5, 5.41) is 4.71. The molecule has 66 valence electrons. The number of aldehydes is 1. The molecule has 0 bridgehead atoms. The van der Waals surface area contributed by atoms with Crippen molar-refractivity contribution in [3.8, 4) is 0 Å². The number of benzene rings is 1. The third kappa shape index (κ3) is 1.45. The maximum Gasteiger partial charge on any atom is 0.167 e. The second-order valence-electron chi connectivity index (χ2n) is 2.86. The van der Waals surface area contributed by atoms with E-state index in [-0.39, 0.29) is 0 Å². The maximum atomic E-state index is 10.2. The predicted octanol–water partition coefficient (Wildman–Crippen LogP) is 1.96. The zero-order chi connectivity index (χ0) is 9.10. The van der Waals surface area contributed by atoms with Gasteiger partial charge in [-0.2, -0.15) is 0 Å². The van der Waals surface area contributed by atoms with Crippen LogP contribution < -0.4 is 0 Å². The average Bonchev–Trinajstić information content (AvgIpc) is 2.62. The number of aromatic nitrogens is 1. The molecule has 0 atom stereocenters. The van der Waals surface area contributed by atoms with Gasteiger partial charge in [0, 0.05) is 11.8 Å². The van der Waals surface area contributed by atoms with E-state index in [0.717, 1.165) is 29.2 Å². The molecule has 0 N–H and O–H groups in total. The minimum Gasteiger partial charge on any atom is -0.356 e. The van der Waals surface area contributed by atoms with Crippen molar-refractivity contribution in [2.45, 2.75) is 12.8 Å². The number of hydrogen-bond acceptors (Lipinski definition) is 3. The van der Waals surface area contributed by atoms with Crippen LogP contribution in [-0.2, 0) is 11.2 Å². The second kappa shape index (κ2) is 3.39. The van der Waals surface area contributed by atoms with E-state index in [2.05, 4.69) is 5.16 Å². The van der Waals surface area contributed by atoms with Crippen LogP contribution in [0.25, 0.3) is 11.0 Å². The van der Waals surface area contributed by atoms with Crippen LogP contribution in [0.4, 0.5) is 0 Å². The summed E-state index contributed by atoms with van der Waals surface area (Å²) < 4.78 is 5.00. The van der Waals surface area contributed by atoms with Crippen molar-refractivity contribution < 1.29 is 9.32 Å². The number of nitrogens with zero attached hydrogens (tertiary/aromatic N) is 1. The lowest BCUT2D eigenvalue weighted by Gasteiger charge is -1.96. The van der Waals surface area contributed by atoms with Gasteiger partial charge in [0.25, 0.3) is 0 Å². The molecule has 0 unspecified atom stereocenters. The highest BCUT2D eigenvalue weighted by Gasteiger charge is 2.02. The van der Waals surface area contributed by atoms with Gasteiger partial charge in [-0.3, -0.25) is 0 Å². The van der Waals surface area contributed by atoms with E-state index in [1.54, 1.807) is 6.20 Å². The minimum absolute atomic E-state index is 0.546. The van der Waals surface area contributed by atoms with E-state index in [9.17, 15) is 4.79 Å². The molecular formula is C10H9NO2. The van der Waals surface area contributed by atoms with Gasteiger partial charge in [-0.05, 0) is 18.1 Å². The normalized spacial score (nSPS) is 10.5. The fourth-order valence-corrected chi connectivity index (χ4v) is 1.38. The highest BCUT2D eigenvalue weighted by molar-refractivity contribution is 5.79. The van der Waals surface area contributed by atoms with E-state index < -0.39 is 0 Å². The molecule has 1 heterocycles. The third-order valence-electron chi connectivity index (χ3n) is 2.02. The number of aryl methyl sites for hydroxylation is 1.